The van der Waals surface area contributed by atoms with Crippen molar-refractivity contribution in [2.75, 3.05) is 16.6 Å². The van der Waals surface area contributed by atoms with E-state index in [0.717, 1.165) is 11.1 Å². The number of hydrogen-bond donors (Lipinski definition) is 3. The molecule has 3 heterocycles. The molecule has 0 fully saturated rings. The third-order valence-corrected chi connectivity index (χ3v) is 3.48. The highest BCUT2D eigenvalue weighted by Gasteiger charge is 2.01. The largest absolute Gasteiger partial charge is 0.368 e. The first-order valence-corrected chi connectivity index (χ1v) is 8.30. The van der Waals surface area contributed by atoms with E-state index in [9.17, 15) is 0 Å². The summed E-state index contributed by atoms with van der Waals surface area (Å²) in [5, 5.41) is 8.96. The van der Waals surface area contributed by atoms with E-state index in [0.29, 0.717) is 21.9 Å². The third-order valence-electron chi connectivity index (χ3n) is 3.03. The first-order valence-electron chi connectivity index (χ1n) is 7.54. The highest BCUT2D eigenvalue weighted by atomic mass is 35.5. The SMILES string of the molecule is Nc1nc(NN=Cc2ccc(Cl)nc2)cc(NN=Cc2ccc(Cl)nc2)n1. The van der Waals surface area contributed by atoms with Crippen molar-refractivity contribution in [2.24, 2.45) is 10.2 Å². The molecule has 11 heteroatoms. The minimum absolute atomic E-state index is 0.0641. The van der Waals surface area contributed by atoms with Gasteiger partial charge in [0.1, 0.15) is 10.3 Å². The number of pyridine rings is 2. The number of aromatic nitrogens is 4. The molecule has 27 heavy (non-hydrogen) atoms. The van der Waals surface area contributed by atoms with E-state index in [-0.39, 0.29) is 5.95 Å². The van der Waals surface area contributed by atoms with E-state index in [1.807, 2.05) is 0 Å². The molecule has 0 atom stereocenters. The molecule has 3 aromatic rings. The van der Waals surface area contributed by atoms with Crippen LogP contribution in [0.4, 0.5) is 17.6 Å². The quantitative estimate of drug-likeness (QED) is 0.329. The van der Waals surface area contributed by atoms with Gasteiger partial charge in [0, 0.05) is 29.6 Å². The summed E-state index contributed by atoms with van der Waals surface area (Å²) >= 11 is 11.5. The van der Waals surface area contributed by atoms with Crippen LogP contribution in [0.3, 0.4) is 0 Å². The van der Waals surface area contributed by atoms with Crippen molar-refractivity contribution in [3.8, 4) is 0 Å². The smallest absolute Gasteiger partial charge is 0.224 e. The second-order valence-corrected chi connectivity index (χ2v) is 5.84. The molecule has 0 radical (unpaired) electrons. The lowest BCUT2D eigenvalue weighted by molar-refractivity contribution is 1.13. The van der Waals surface area contributed by atoms with Crippen molar-refractivity contribution in [1.82, 2.24) is 19.9 Å². The van der Waals surface area contributed by atoms with Crippen LogP contribution in [0.2, 0.25) is 10.3 Å². The number of nitrogens with zero attached hydrogens (tertiary/aromatic N) is 6. The molecule has 0 aliphatic carbocycles. The number of nitrogens with one attached hydrogen (secondary N) is 2. The number of hydrazone groups is 2. The van der Waals surface area contributed by atoms with Crippen LogP contribution >= 0.6 is 23.2 Å². The summed E-state index contributed by atoms with van der Waals surface area (Å²) in [5.41, 5.74) is 12.8. The Morgan fingerprint density at radius 1 is 0.815 bits per heavy atom. The van der Waals surface area contributed by atoms with Gasteiger partial charge < -0.3 is 5.73 Å². The summed E-state index contributed by atoms with van der Waals surface area (Å²) in [6.07, 6.45) is 6.32. The summed E-state index contributed by atoms with van der Waals surface area (Å²) in [5.74, 6) is 0.854. The van der Waals surface area contributed by atoms with Gasteiger partial charge in [-0.25, -0.2) is 9.97 Å². The zero-order valence-electron chi connectivity index (χ0n) is 13.7. The van der Waals surface area contributed by atoms with Crippen molar-refractivity contribution in [3.05, 3.63) is 64.2 Å². The predicted octanol–water partition coefficient (Wildman–Crippen LogP) is 3.05. The highest BCUT2D eigenvalue weighted by molar-refractivity contribution is 6.29. The molecular formula is C16H13Cl2N9. The molecule has 0 saturated heterocycles. The molecule has 0 spiro atoms. The van der Waals surface area contributed by atoms with Crippen molar-refractivity contribution < 1.29 is 0 Å². The molecule has 4 N–H and O–H groups in total. The van der Waals surface area contributed by atoms with Crippen LogP contribution in [-0.4, -0.2) is 32.4 Å². The van der Waals surface area contributed by atoms with E-state index in [1.54, 1.807) is 55.2 Å². The summed E-state index contributed by atoms with van der Waals surface area (Å²) in [4.78, 5) is 16.0. The summed E-state index contributed by atoms with van der Waals surface area (Å²) in [7, 11) is 0. The molecule has 0 aliphatic heterocycles. The first kappa shape index (κ1) is 18.5. The van der Waals surface area contributed by atoms with Gasteiger partial charge in [0.05, 0.1) is 12.4 Å². The van der Waals surface area contributed by atoms with E-state index in [1.165, 1.54) is 0 Å². The van der Waals surface area contributed by atoms with E-state index in [2.05, 4.69) is 41.0 Å². The van der Waals surface area contributed by atoms with Crippen molar-refractivity contribution in [1.29, 1.82) is 0 Å². The van der Waals surface area contributed by atoms with Gasteiger partial charge in [0.2, 0.25) is 5.95 Å². The molecule has 0 aliphatic rings. The Bertz CT molecular complexity index is 881. The van der Waals surface area contributed by atoms with Gasteiger partial charge in [-0.05, 0) is 24.3 Å². The lowest BCUT2D eigenvalue weighted by atomic mass is 10.3. The second-order valence-electron chi connectivity index (χ2n) is 5.07. The zero-order valence-corrected chi connectivity index (χ0v) is 15.2. The van der Waals surface area contributed by atoms with Crippen LogP contribution in [0.1, 0.15) is 11.1 Å². The van der Waals surface area contributed by atoms with Crippen LogP contribution in [0, 0.1) is 0 Å². The minimum Gasteiger partial charge on any atom is -0.368 e. The topological polar surface area (TPSA) is 126 Å². The Labute approximate surface area is 164 Å². The molecule has 9 nitrogen and oxygen atoms in total. The molecular weight excluding hydrogens is 389 g/mol. The van der Waals surface area contributed by atoms with Crippen LogP contribution in [0.5, 0.6) is 0 Å². The van der Waals surface area contributed by atoms with Crippen molar-refractivity contribution in [3.63, 3.8) is 0 Å². The molecule has 0 bridgehead atoms. The van der Waals surface area contributed by atoms with Crippen LogP contribution in [-0.2, 0) is 0 Å². The number of hydrogen-bond acceptors (Lipinski definition) is 9. The van der Waals surface area contributed by atoms with E-state index < -0.39 is 0 Å². The Morgan fingerprint density at radius 2 is 1.30 bits per heavy atom. The Balaban J connectivity index is 1.63. The van der Waals surface area contributed by atoms with Crippen molar-refractivity contribution in [2.45, 2.75) is 0 Å². The molecule has 136 valence electrons. The summed E-state index contributed by atoms with van der Waals surface area (Å²) in [6, 6.07) is 8.50. The van der Waals surface area contributed by atoms with Gasteiger partial charge in [-0.3, -0.25) is 10.9 Å². The maximum atomic E-state index is 5.73. The highest BCUT2D eigenvalue weighted by Crippen LogP contribution is 2.13. The lowest BCUT2D eigenvalue weighted by Crippen LogP contribution is -2.03. The molecule has 3 aromatic heterocycles. The van der Waals surface area contributed by atoms with Gasteiger partial charge in [-0.1, -0.05) is 23.2 Å². The van der Waals surface area contributed by atoms with Gasteiger partial charge in [0.25, 0.3) is 0 Å². The predicted molar refractivity (Wildman–Crippen MR) is 107 cm³/mol. The maximum absolute atomic E-state index is 5.73. The number of rotatable bonds is 6. The Morgan fingerprint density at radius 3 is 1.70 bits per heavy atom. The van der Waals surface area contributed by atoms with Gasteiger partial charge in [-0.2, -0.15) is 20.2 Å². The lowest BCUT2D eigenvalue weighted by Gasteiger charge is -2.04. The number of nitrogen functional groups attached to an aromatic ring is 1. The first-order chi connectivity index (χ1) is 13.1. The van der Waals surface area contributed by atoms with E-state index >= 15 is 0 Å². The van der Waals surface area contributed by atoms with E-state index in [4.69, 9.17) is 28.9 Å². The van der Waals surface area contributed by atoms with Gasteiger partial charge in [0.15, 0.2) is 11.6 Å². The van der Waals surface area contributed by atoms with Crippen LogP contribution in [0.15, 0.2) is 52.9 Å². The number of halogens is 2. The second kappa shape index (κ2) is 8.88. The average molecular weight is 402 g/mol. The third kappa shape index (κ3) is 5.87. The van der Waals surface area contributed by atoms with Crippen LogP contribution < -0.4 is 16.6 Å². The standard InChI is InChI=1S/C16H13Cl2N9/c17-12-3-1-10(6-20-12)8-22-26-14-5-15(25-16(19)24-14)27-23-9-11-2-4-13(18)21-7-11/h1-9H,(H4,19,24,25,26,27). The zero-order chi connectivity index (χ0) is 19.1. The summed E-state index contributed by atoms with van der Waals surface area (Å²) in [6.45, 7) is 0. The van der Waals surface area contributed by atoms with Gasteiger partial charge >= 0.3 is 0 Å². The molecule has 0 unspecified atom stereocenters. The Kier molecular flexibility index (Phi) is 6.08. The molecule has 0 amide bonds. The number of anilines is 3. The minimum atomic E-state index is 0.0641. The molecule has 3 rings (SSSR count). The fourth-order valence-electron chi connectivity index (χ4n) is 1.85. The monoisotopic (exact) mass is 401 g/mol. The van der Waals surface area contributed by atoms with Crippen molar-refractivity contribution >= 4 is 53.2 Å². The fraction of sp³-hybridized carbons (Fsp3) is 0. The molecule has 0 aromatic carbocycles. The normalized spacial score (nSPS) is 11.2. The fourth-order valence-corrected chi connectivity index (χ4v) is 2.08. The van der Waals surface area contributed by atoms with Gasteiger partial charge in [-0.15, -0.1) is 0 Å². The summed E-state index contributed by atoms with van der Waals surface area (Å²) < 4.78 is 0. The maximum Gasteiger partial charge on any atom is 0.224 e. The molecule has 0 saturated carbocycles. The number of nitrogens with two attached hydrogens (primary N) is 1. The average Bonchev–Trinajstić information content (AvgIpc) is 2.65. The van der Waals surface area contributed by atoms with Crippen LogP contribution in [0.25, 0.3) is 0 Å². The Hall–Kier alpha value is -3.30.